The number of allylic oxidation sites excluding steroid dienone is 2. The standard InChI is InChI=1S/C28H25N3O5S/c1-3-35-20-13-11-19(12-14-20)25-23(16-29)28(30)36-26-22-9-4-5-10-24(22)31(37(32,33)27(25)26)17-18-7-6-8-21(15-18)34-2/h4-15,25H,3,17,30H2,1-2H3. The molecule has 2 aliphatic rings. The van der Waals surface area contributed by atoms with Crippen LogP contribution in [0.15, 0.2) is 89.2 Å². The van der Waals surface area contributed by atoms with Gasteiger partial charge < -0.3 is 19.9 Å². The number of nitriles is 1. The molecule has 0 radical (unpaired) electrons. The van der Waals surface area contributed by atoms with E-state index in [1.165, 1.54) is 4.31 Å². The summed E-state index contributed by atoms with van der Waals surface area (Å²) in [5.41, 5.74) is 8.59. The minimum absolute atomic E-state index is 0.0241. The van der Waals surface area contributed by atoms with Crippen LogP contribution in [0, 0.1) is 11.3 Å². The van der Waals surface area contributed by atoms with E-state index in [2.05, 4.69) is 6.07 Å². The third kappa shape index (κ3) is 4.15. The zero-order valence-corrected chi connectivity index (χ0v) is 21.2. The van der Waals surface area contributed by atoms with Crippen molar-refractivity contribution in [2.75, 3.05) is 18.0 Å². The average Bonchev–Trinajstić information content (AvgIpc) is 2.91. The first kappa shape index (κ1) is 24.3. The molecular formula is C28H25N3O5S. The number of benzene rings is 3. The van der Waals surface area contributed by atoms with Crippen LogP contribution in [0.2, 0.25) is 0 Å². The second-order valence-electron chi connectivity index (χ2n) is 8.50. The fourth-order valence-electron chi connectivity index (χ4n) is 4.67. The lowest BCUT2D eigenvalue weighted by Gasteiger charge is -2.38. The van der Waals surface area contributed by atoms with E-state index in [0.717, 1.165) is 5.56 Å². The summed E-state index contributed by atoms with van der Waals surface area (Å²) < 4.78 is 46.8. The van der Waals surface area contributed by atoms with E-state index in [4.69, 9.17) is 19.9 Å². The van der Waals surface area contributed by atoms with Crippen molar-refractivity contribution in [3.8, 4) is 17.6 Å². The largest absolute Gasteiger partial charge is 0.497 e. The van der Waals surface area contributed by atoms with Crippen LogP contribution >= 0.6 is 0 Å². The molecule has 0 saturated carbocycles. The normalized spacial score (nSPS) is 17.9. The summed E-state index contributed by atoms with van der Waals surface area (Å²) in [4.78, 5) is -0.0241. The highest BCUT2D eigenvalue weighted by atomic mass is 32.2. The summed E-state index contributed by atoms with van der Waals surface area (Å²) >= 11 is 0. The lowest BCUT2D eigenvalue weighted by molar-refractivity contribution is 0.340. The van der Waals surface area contributed by atoms with Gasteiger partial charge in [0.1, 0.15) is 28.0 Å². The smallest absolute Gasteiger partial charge is 0.265 e. The maximum Gasteiger partial charge on any atom is 0.265 e. The van der Waals surface area contributed by atoms with Crippen LogP contribution in [0.5, 0.6) is 11.5 Å². The number of para-hydroxylation sites is 1. The van der Waals surface area contributed by atoms with Gasteiger partial charge >= 0.3 is 0 Å². The van der Waals surface area contributed by atoms with Crippen molar-refractivity contribution in [1.82, 2.24) is 0 Å². The van der Waals surface area contributed by atoms with Gasteiger partial charge in [-0.15, -0.1) is 0 Å². The number of hydrogen-bond donors (Lipinski definition) is 1. The van der Waals surface area contributed by atoms with Gasteiger partial charge in [-0.1, -0.05) is 36.4 Å². The van der Waals surface area contributed by atoms with Crippen LogP contribution in [0.25, 0.3) is 5.76 Å². The summed E-state index contributed by atoms with van der Waals surface area (Å²) in [5, 5.41) is 10.0. The van der Waals surface area contributed by atoms with Crippen molar-refractivity contribution in [3.63, 3.8) is 0 Å². The summed E-state index contributed by atoms with van der Waals surface area (Å²) in [7, 11) is -2.61. The third-order valence-corrected chi connectivity index (χ3v) is 8.23. The molecule has 2 N–H and O–H groups in total. The summed E-state index contributed by atoms with van der Waals surface area (Å²) in [6, 6.07) is 23.4. The molecular weight excluding hydrogens is 490 g/mol. The van der Waals surface area contributed by atoms with Crippen LogP contribution < -0.4 is 19.5 Å². The Hall–Kier alpha value is -4.42. The van der Waals surface area contributed by atoms with E-state index in [9.17, 15) is 13.7 Å². The Balaban J connectivity index is 1.70. The van der Waals surface area contributed by atoms with E-state index in [1.54, 1.807) is 67.8 Å². The lowest BCUT2D eigenvalue weighted by atomic mass is 9.88. The molecule has 37 heavy (non-hydrogen) atoms. The molecule has 0 fully saturated rings. The van der Waals surface area contributed by atoms with Gasteiger partial charge in [0.15, 0.2) is 5.76 Å². The van der Waals surface area contributed by atoms with E-state index in [1.807, 2.05) is 19.1 Å². The monoisotopic (exact) mass is 515 g/mol. The first-order chi connectivity index (χ1) is 17.9. The van der Waals surface area contributed by atoms with Crippen LogP contribution in [0.3, 0.4) is 0 Å². The van der Waals surface area contributed by atoms with Crippen LogP contribution in [-0.4, -0.2) is 22.1 Å². The fourth-order valence-corrected chi connectivity index (χ4v) is 6.58. The second kappa shape index (κ2) is 9.56. The molecule has 188 valence electrons. The Morgan fingerprint density at radius 3 is 2.51 bits per heavy atom. The van der Waals surface area contributed by atoms with Gasteiger partial charge in [-0.3, -0.25) is 4.31 Å². The van der Waals surface area contributed by atoms with E-state index >= 15 is 0 Å². The molecule has 5 rings (SSSR count). The molecule has 0 saturated heterocycles. The number of hydrogen-bond acceptors (Lipinski definition) is 7. The number of nitrogens with two attached hydrogens (primary N) is 1. The highest BCUT2D eigenvalue weighted by Gasteiger charge is 2.47. The summed E-state index contributed by atoms with van der Waals surface area (Å²) in [6.45, 7) is 2.43. The molecule has 0 bridgehead atoms. The number of anilines is 1. The molecule has 1 atom stereocenters. The highest BCUT2D eigenvalue weighted by molar-refractivity contribution is 7.96. The van der Waals surface area contributed by atoms with E-state index in [0.29, 0.717) is 34.9 Å². The van der Waals surface area contributed by atoms with Gasteiger partial charge in [0, 0.05) is 5.56 Å². The molecule has 2 heterocycles. The average molecular weight is 516 g/mol. The number of fused-ring (bicyclic) bond motifs is 2. The third-order valence-electron chi connectivity index (χ3n) is 6.34. The predicted octanol–water partition coefficient (Wildman–Crippen LogP) is 4.62. The highest BCUT2D eigenvalue weighted by Crippen LogP contribution is 2.51. The zero-order valence-electron chi connectivity index (χ0n) is 20.3. The van der Waals surface area contributed by atoms with Gasteiger partial charge in [-0.2, -0.15) is 5.26 Å². The quantitative estimate of drug-likeness (QED) is 0.509. The second-order valence-corrected chi connectivity index (χ2v) is 10.3. The van der Waals surface area contributed by atoms with Gasteiger partial charge in [-0.05, 0) is 54.4 Å². The molecule has 3 aromatic carbocycles. The van der Waals surface area contributed by atoms with Crippen LogP contribution in [-0.2, 0) is 21.3 Å². The Labute approximate surface area is 215 Å². The summed E-state index contributed by atoms with van der Waals surface area (Å²) in [6.07, 6.45) is 0. The van der Waals surface area contributed by atoms with E-state index < -0.39 is 15.9 Å². The molecule has 2 aliphatic heterocycles. The minimum Gasteiger partial charge on any atom is -0.497 e. The van der Waals surface area contributed by atoms with Crippen molar-refractivity contribution in [1.29, 1.82) is 5.26 Å². The molecule has 0 spiro atoms. The Kier molecular flexibility index (Phi) is 6.27. The molecule has 0 aromatic heterocycles. The maximum absolute atomic E-state index is 14.3. The Morgan fingerprint density at radius 2 is 1.81 bits per heavy atom. The van der Waals surface area contributed by atoms with Gasteiger partial charge in [-0.25, -0.2) is 8.42 Å². The summed E-state index contributed by atoms with van der Waals surface area (Å²) in [5.74, 6) is 0.324. The minimum atomic E-state index is -4.16. The van der Waals surface area contributed by atoms with Crippen LogP contribution in [0.1, 0.15) is 29.5 Å². The van der Waals surface area contributed by atoms with Gasteiger partial charge in [0.05, 0.1) is 31.9 Å². The molecule has 8 nitrogen and oxygen atoms in total. The molecule has 3 aromatic rings. The van der Waals surface area contributed by atoms with E-state index in [-0.39, 0.29) is 28.7 Å². The van der Waals surface area contributed by atoms with Gasteiger partial charge in [0.2, 0.25) is 5.88 Å². The maximum atomic E-state index is 14.3. The molecule has 9 heteroatoms. The van der Waals surface area contributed by atoms with Gasteiger partial charge in [0.25, 0.3) is 10.0 Å². The number of sulfonamides is 1. The fraction of sp³-hybridized carbons (Fsp3) is 0.179. The Bertz CT molecular complexity index is 1570. The number of nitrogens with zero attached hydrogens (tertiary/aromatic N) is 2. The number of ether oxygens (including phenoxy) is 3. The SMILES string of the molecule is CCOc1ccc(C2C(C#N)=C(N)OC3=C2S(=O)(=O)N(Cc2cccc(OC)c2)c2ccccc23)cc1. The molecule has 0 aliphatic carbocycles. The molecule has 1 unspecified atom stereocenters. The number of methoxy groups -OCH3 is 1. The van der Waals surface area contributed by atoms with Crippen molar-refractivity contribution in [2.45, 2.75) is 19.4 Å². The topological polar surface area (TPSA) is 115 Å². The van der Waals surface area contributed by atoms with Crippen molar-refractivity contribution in [2.24, 2.45) is 5.73 Å². The zero-order chi connectivity index (χ0) is 26.2. The van der Waals surface area contributed by atoms with Crippen molar-refractivity contribution in [3.05, 3.63) is 106 Å². The lowest BCUT2D eigenvalue weighted by Crippen LogP contribution is -2.39. The van der Waals surface area contributed by atoms with Crippen LogP contribution in [0.4, 0.5) is 5.69 Å². The first-order valence-corrected chi connectivity index (χ1v) is 13.1. The predicted molar refractivity (Wildman–Crippen MR) is 140 cm³/mol. The molecule has 0 amide bonds. The van der Waals surface area contributed by atoms with Crippen molar-refractivity contribution >= 4 is 21.5 Å². The number of rotatable bonds is 6. The van der Waals surface area contributed by atoms with Crippen molar-refractivity contribution < 1.29 is 22.6 Å². The first-order valence-electron chi connectivity index (χ1n) is 11.7. The Morgan fingerprint density at radius 1 is 1.05 bits per heavy atom.